The van der Waals surface area contributed by atoms with Crippen LogP contribution < -0.4 is 10.6 Å². The fourth-order valence-electron chi connectivity index (χ4n) is 2.66. The predicted octanol–water partition coefficient (Wildman–Crippen LogP) is 4.42. The van der Waals surface area contributed by atoms with Gasteiger partial charge in [0.05, 0.1) is 17.1 Å². The van der Waals surface area contributed by atoms with Crippen LogP contribution in [0.2, 0.25) is 0 Å². The SMILES string of the molecule is Cc1nc(-c2ccccc2)sc1C(=O)Nc1ccc2c(c1)NC(=O)CS2. The van der Waals surface area contributed by atoms with Gasteiger partial charge in [-0.1, -0.05) is 30.3 Å². The van der Waals surface area contributed by atoms with E-state index in [9.17, 15) is 9.59 Å². The highest BCUT2D eigenvalue weighted by molar-refractivity contribution is 8.00. The van der Waals surface area contributed by atoms with Crippen molar-refractivity contribution in [1.29, 1.82) is 0 Å². The third-order valence-electron chi connectivity index (χ3n) is 3.89. The van der Waals surface area contributed by atoms with Crippen LogP contribution in [0, 0.1) is 6.92 Å². The summed E-state index contributed by atoms with van der Waals surface area (Å²) < 4.78 is 0. The molecule has 2 amide bonds. The second kappa shape index (κ2) is 6.93. The zero-order valence-corrected chi connectivity index (χ0v) is 15.5. The maximum atomic E-state index is 12.7. The fraction of sp³-hybridized carbons (Fsp3) is 0.105. The quantitative estimate of drug-likeness (QED) is 0.705. The van der Waals surface area contributed by atoms with Crippen LogP contribution >= 0.6 is 23.1 Å². The molecular weight excluding hydrogens is 366 g/mol. The minimum absolute atomic E-state index is 0.0308. The topological polar surface area (TPSA) is 71.1 Å². The molecule has 5 nitrogen and oxygen atoms in total. The van der Waals surface area contributed by atoms with Gasteiger partial charge in [0.15, 0.2) is 0 Å². The van der Waals surface area contributed by atoms with Crippen molar-refractivity contribution >= 4 is 46.3 Å². The van der Waals surface area contributed by atoms with E-state index in [0.29, 0.717) is 22.0 Å². The molecule has 0 saturated carbocycles. The van der Waals surface area contributed by atoms with E-state index in [1.54, 1.807) is 6.07 Å². The summed E-state index contributed by atoms with van der Waals surface area (Å²) in [6.45, 7) is 1.83. The summed E-state index contributed by atoms with van der Waals surface area (Å²) in [5.41, 5.74) is 3.07. The van der Waals surface area contributed by atoms with Crippen molar-refractivity contribution in [2.75, 3.05) is 16.4 Å². The molecule has 0 radical (unpaired) electrons. The molecule has 0 fully saturated rings. The summed E-state index contributed by atoms with van der Waals surface area (Å²) >= 11 is 2.86. The molecular formula is C19H15N3O2S2. The number of rotatable bonds is 3. The lowest BCUT2D eigenvalue weighted by molar-refractivity contribution is -0.113. The zero-order valence-electron chi connectivity index (χ0n) is 13.9. The van der Waals surface area contributed by atoms with Gasteiger partial charge in [-0.15, -0.1) is 23.1 Å². The second-order valence-electron chi connectivity index (χ2n) is 5.80. The number of nitrogens with zero attached hydrogens (tertiary/aromatic N) is 1. The maximum absolute atomic E-state index is 12.7. The van der Waals surface area contributed by atoms with E-state index >= 15 is 0 Å². The molecule has 26 heavy (non-hydrogen) atoms. The Bertz CT molecular complexity index is 999. The molecule has 0 bridgehead atoms. The van der Waals surface area contributed by atoms with E-state index in [-0.39, 0.29) is 11.8 Å². The average molecular weight is 381 g/mol. The Kier molecular flexibility index (Phi) is 4.48. The zero-order chi connectivity index (χ0) is 18.1. The first-order valence-electron chi connectivity index (χ1n) is 8.01. The van der Waals surface area contributed by atoms with Crippen LogP contribution in [0.15, 0.2) is 53.4 Å². The third-order valence-corrected chi connectivity index (χ3v) is 6.17. The Hall–Kier alpha value is -2.64. The van der Waals surface area contributed by atoms with E-state index in [1.807, 2.05) is 49.4 Å². The van der Waals surface area contributed by atoms with E-state index < -0.39 is 0 Å². The number of benzene rings is 2. The van der Waals surface area contributed by atoms with Crippen LogP contribution in [0.5, 0.6) is 0 Å². The molecule has 3 aromatic rings. The van der Waals surface area contributed by atoms with Crippen LogP contribution in [-0.4, -0.2) is 22.6 Å². The predicted molar refractivity (Wildman–Crippen MR) is 106 cm³/mol. The molecule has 0 saturated heterocycles. The Labute approximate surface area is 158 Å². The molecule has 0 aliphatic carbocycles. The van der Waals surface area contributed by atoms with Crippen LogP contribution in [0.4, 0.5) is 11.4 Å². The molecule has 1 aliphatic rings. The molecule has 130 valence electrons. The first-order valence-corrected chi connectivity index (χ1v) is 9.81. The van der Waals surface area contributed by atoms with Crippen LogP contribution in [0.3, 0.4) is 0 Å². The Balaban J connectivity index is 1.57. The summed E-state index contributed by atoms with van der Waals surface area (Å²) in [6, 6.07) is 15.3. The lowest BCUT2D eigenvalue weighted by Crippen LogP contribution is -2.19. The number of carbonyl (C=O) groups is 2. The van der Waals surface area contributed by atoms with E-state index in [1.165, 1.54) is 23.1 Å². The highest BCUT2D eigenvalue weighted by atomic mass is 32.2. The van der Waals surface area contributed by atoms with Gasteiger partial charge in [0.1, 0.15) is 9.88 Å². The van der Waals surface area contributed by atoms with Gasteiger partial charge in [-0.2, -0.15) is 0 Å². The van der Waals surface area contributed by atoms with E-state index in [2.05, 4.69) is 15.6 Å². The van der Waals surface area contributed by atoms with Gasteiger partial charge in [-0.3, -0.25) is 9.59 Å². The molecule has 0 unspecified atom stereocenters. The van der Waals surface area contributed by atoms with Gasteiger partial charge >= 0.3 is 0 Å². The van der Waals surface area contributed by atoms with Crippen LogP contribution in [0.25, 0.3) is 10.6 Å². The molecule has 4 rings (SSSR count). The number of anilines is 2. The number of thioether (sulfide) groups is 1. The second-order valence-corrected chi connectivity index (χ2v) is 7.82. The first-order chi connectivity index (χ1) is 12.6. The van der Waals surface area contributed by atoms with Crippen molar-refractivity contribution in [3.05, 3.63) is 59.1 Å². The van der Waals surface area contributed by atoms with Gasteiger partial charge < -0.3 is 10.6 Å². The largest absolute Gasteiger partial charge is 0.324 e. The van der Waals surface area contributed by atoms with E-state index in [0.717, 1.165) is 21.2 Å². The Morgan fingerprint density at radius 1 is 1.19 bits per heavy atom. The molecule has 0 spiro atoms. The van der Waals surface area contributed by atoms with Crippen LogP contribution in [0.1, 0.15) is 15.4 Å². The highest BCUT2D eigenvalue weighted by Crippen LogP contribution is 2.34. The lowest BCUT2D eigenvalue weighted by Gasteiger charge is -2.17. The molecule has 7 heteroatoms. The number of aryl methyl sites for hydroxylation is 1. The molecule has 0 atom stereocenters. The smallest absolute Gasteiger partial charge is 0.267 e. The number of carbonyl (C=O) groups excluding carboxylic acids is 2. The molecule has 1 aliphatic heterocycles. The van der Waals surface area contributed by atoms with Crippen LogP contribution in [-0.2, 0) is 4.79 Å². The standard InChI is InChI=1S/C19H15N3O2S2/c1-11-17(26-19(20-11)12-5-3-2-4-6-12)18(24)21-13-7-8-15-14(9-13)22-16(23)10-25-15/h2-9H,10H2,1H3,(H,21,24)(H,22,23). The van der Waals surface area contributed by atoms with Crippen molar-refractivity contribution in [3.8, 4) is 10.6 Å². The Morgan fingerprint density at radius 3 is 2.81 bits per heavy atom. The summed E-state index contributed by atoms with van der Waals surface area (Å²) in [5, 5.41) is 6.55. The first kappa shape index (κ1) is 16.8. The molecule has 1 aromatic heterocycles. The molecule has 2 aromatic carbocycles. The molecule has 2 N–H and O–H groups in total. The van der Waals surface area contributed by atoms with Crippen molar-refractivity contribution < 1.29 is 9.59 Å². The fourth-order valence-corrected chi connectivity index (χ4v) is 4.42. The number of aromatic nitrogens is 1. The van der Waals surface area contributed by atoms with Crippen molar-refractivity contribution in [2.45, 2.75) is 11.8 Å². The number of hydrogen-bond acceptors (Lipinski definition) is 5. The van der Waals surface area contributed by atoms with Gasteiger partial charge in [-0.25, -0.2) is 4.98 Å². The van der Waals surface area contributed by atoms with Crippen molar-refractivity contribution in [1.82, 2.24) is 4.98 Å². The monoisotopic (exact) mass is 381 g/mol. The summed E-state index contributed by atoms with van der Waals surface area (Å²) in [7, 11) is 0. The van der Waals surface area contributed by atoms with Gasteiger partial charge in [-0.05, 0) is 25.1 Å². The van der Waals surface area contributed by atoms with Crippen molar-refractivity contribution in [2.24, 2.45) is 0 Å². The Morgan fingerprint density at radius 2 is 2.00 bits per heavy atom. The number of nitrogens with one attached hydrogen (secondary N) is 2. The van der Waals surface area contributed by atoms with Gasteiger partial charge in [0.25, 0.3) is 5.91 Å². The molecule has 2 heterocycles. The van der Waals surface area contributed by atoms with Crippen molar-refractivity contribution in [3.63, 3.8) is 0 Å². The van der Waals surface area contributed by atoms with Gasteiger partial charge in [0.2, 0.25) is 5.91 Å². The van der Waals surface area contributed by atoms with E-state index in [4.69, 9.17) is 0 Å². The maximum Gasteiger partial charge on any atom is 0.267 e. The number of amides is 2. The number of thiazole rings is 1. The summed E-state index contributed by atoms with van der Waals surface area (Å²) in [5.74, 6) is 0.190. The summed E-state index contributed by atoms with van der Waals surface area (Å²) in [4.78, 5) is 30.3. The minimum Gasteiger partial charge on any atom is -0.324 e. The average Bonchev–Trinajstić information content (AvgIpc) is 3.04. The number of hydrogen-bond donors (Lipinski definition) is 2. The third kappa shape index (κ3) is 3.36. The highest BCUT2D eigenvalue weighted by Gasteiger charge is 2.19. The number of fused-ring (bicyclic) bond motifs is 1. The normalized spacial score (nSPS) is 13.0. The minimum atomic E-state index is -0.197. The van der Waals surface area contributed by atoms with Gasteiger partial charge in [0, 0.05) is 16.1 Å². The lowest BCUT2D eigenvalue weighted by atomic mass is 10.2. The summed E-state index contributed by atoms with van der Waals surface area (Å²) in [6.07, 6.45) is 0.